The predicted molar refractivity (Wildman–Crippen MR) is 109 cm³/mol. The number of esters is 1. The number of thioether (sulfide) groups is 1. The van der Waals surface area contributed by atoms with Gasteiger partial charge in [0.25, 0.3) is 11.1 Å². The molecule has 0 bridgehead atoms. The molecule has 0 radical (unpaired) electrons. The van der Waals surface area contributed by atoms with Crippen molar-refractivity contribution in [3.63, 3.8) is 0 Å². The van der Waals surface area contributed by atoms with Crippen LogP contribution in [-0.2, 0) is 14.3 Å². The van der Waals surface area contributed by atoms with Crippen LogP contribution in [0.15, 0.2) is 35.2 Å². The molecule has 1 aromatic carbocycles. The molecular weight excluding hydrogens is 395 g/mol. The van der Waals surface area contributed by atoms with Crippen LogP contribution in [0.3, 0.4) is 0 Å². The fourth-order valence-electron chi connectivity index (χ4n) is 3.13. The molecule has 1 saturated heterocycles. The fourth-order valence-corrected chi connectivity index (χ4v) is 3.96. The molecule has 0 saturated carbocycles. The van der Waals surface area contributed by atoms with Crippen molar-refractivity contribution in [2.75, 3.05) is 6.54 Å². The van der Waals surface area contributed by atoms with Gasteiger partial charge in [0.1, 0.15) is 12.4 Å². The van der Waals surface area contributed by atoms with Crippen molar-refractivity contribution in [2.24, 2.45) is 0 Å². The summed E-state index contributed by atoms with van der Waals surface area (Å²) < 4.78 is 20.2. The molecule has 2 heterocycles. The zero-order valence-electron chi connectivity index (χ0n) is 16.6. The van der Waals surface area contributed by atoms with Crippen LogP contribution in [0, 0.1) is 19.7 Å². The van der Waals surface area contributed by atoms with E-state index in [1.165, 1.54) is 12.1 Å². The number of benzene rings is 1. The first kappa shape index (κ1) is 20.9. The van der Waals surface area contributed by atoms with Gasteiger partial charge < -0.3 is 9.30 Å². The number of carbonyl (C=O) groups excluding carboxylic acids is 3. The van der Waals surface area contributed by atoms with E-state index in [-0.39, 0.29) is 16.8 Å². The first-order valence-electron chi connectivity index (χ1n) is 9.07. The third kappa shape index (κ3) is 4.42. The Hall–Kier alpha value is -2.87. The number of ether oxygens (including phenoxy) is 1. The number of amides is 2. The van der Waals surface area contributed by atoms with Gasteiger partial charge in [-0.05, 0) is 81.4 Å². The third-order valence-corrected chi connectivity index (χ3v) is 5.28. The van der Waals surface area contributed by atoms with Gasteiger partial charge >= 0.3 is 5.97 Å². The van der Waals surface area contributed by atoms with Gasteiger partial charge in [0, 0.05) is 17.1 Å². The Morgan fingerprint density at radius 3 is 2.48 bits per heavy atom. The number of halogens is 1. The highest BCUT2D eigenvalue weighted by Crippen LogP contribution is 2.33. The molecule has 2 aromatic rings. The van der Waals surface area contributed by atoms with Crippen LogP contribution >= 0.6 is 11.8 Å². The van der Waals surface area contributed by atoms with E-state index in [0.717, 1.165) is 39.3 Å². The van der Waals surface area contributed by atoms with Crippen molar-refractivity contribution in [2.45, 2.75) is 33.8 Å². The van der Waals surface area contributed by atoms with E-state index < -0.39 is 23.7 Å². The topological polar surface area (TPSA) is 68.6 Å². The van der Waals surface area contributed by atoms with Crippen LogP contribution in [0.2, 0.25) is 0 Å². The standard InChI is InChI=1S/C21H21FN2O4S/c1-12(2)28-19(25)11-23-20(26)18(29-21(23)27)10-15-9-13(3)24(14(15)4)17-7-5-16(22)6-8-17/h5-10,12H,11H2,1-4H3/b18-10+. The SMILES string of the molecule is Cc1cc(/C=C2/SC(=O)N(CC(=O)OC(C)C)C2=O)c(C)n1-c1ccc(F)cc1. The highest BCUT2D eigenvalue weighted by Gasteiger charge is 2.37. The van der Waals surface area contributed by atoms with E-state index >= 15 is 0 Å². The number of rotatable bonds is 5. The lowest BCUT2D eigenvalue weighted by Crippen LogP contribution is -2.35. The van der Waals surface area contributed by atoms with Crippen LogP contribution in [-0.4, -0.2) is 39.2 Å². The molecule has 1 aliphatic rings. The lowest BCUT2D eigenvalue weighted by molar-refractivity contribution is -0.149. The van der Waals surface area contributed by atoms with Crippen molar-refractivity contribution in [1.82, 2.24) is 9.47 Å². The van der Waals surface area contributed by atoms with Crippen LogP contribution < -0.4 is 0 Å². The first-order valence-corrected chi connectivity index (χ1v) is 9.88. The maximum Gasteiger partial charge on any atom is 0.326 e. The molecule has 1 aromatic heterocycles. The number of aryl methyl sites for hydroxylation is 1. The lowest BCUT2D eigenvalue weighted by Gasteiger charge is -2.13. The smallest absolute Gasteiger partial charge is 0.326 e. The Bertz CT molecular complexity index is 1010. The van der Waals surface area contributed by atoms with Crippen LogP contribution in [0.4, 0.5) is 9.18 Å². The van der Waals surface area contributed by atoms with Crippen LogP contribution in [0.25, 0.3) is 11.8 Å². The quantitative estimate of drug-likeness (QED) is 0.539. The van der Waals surface area contributed by atoms with Crippen LogP contribution in [0.1, 0.15) is 30.8 Å². The van der Waals surface area contributed by atoms with Gasteiger partial charge in [-0.3, -0.25) is 19.3 Å². The summed E-state index contributed by atoms with van der Waals surface area (Å²) >= 11 is 0.791. The Balaban J connectivity index is 1.86. The molecule has 6 nitrogen and oxygen atoms in total. The van der Waals surface area contributed by atoms with E-state index in [1.807, 2.05) is 24.5 Å². The Labute approximate surface area is 172 Å². The zero-order chi connectivity index (χ0) is 21.3. The summed E-state index contributed by atoms with van der Waals surface area (Å²) in [7, 11) is 0. The number of aromatic nitrogens is 1. The molecule has 1 aliphatic heterocycles. The van der Waals surface area contributed by atoms with E-state index in [0.29, 0.717) is 0 Å². The van der Waals surface area contributed by atoms with E-state index in [4.69, 9.17) is 4.74 Å². The van der Waals surface area contributed by atoms with Crippen molar-refractivity contribution >= 4 is 35.0 Å². The molecule has 0 unspecified atom stereocenters. The first-order chi connectivity index (χ1) is 13.7. The average molecular weight is 416 g/mol. The molecule has 152 valence electrons. The second-order valence-electron chi connectivity index (χ2n) is 6.94. The van der Waals surface area contributed by atoms with Gasteiger partial charge in [-0.15, -0.1) is 0 Å². The molecule has 0 atom stereocenters. The second kappa shape index (κ2) is 8.24. The van der Waals surface area contributed by atoms with E-state index in [1.54, 1.807) is 32.1 Å². The molecule has 3 rings (SSSR count). The number of hydrogen-bond donors (Lipinski definition) is 0. The molecule has 8 heteroatoms. The maximum absolute atomic E-state index is 13.2. The highest BCUT2D eigenvalue weighted by atomic mass is 32.2. The minimum atomic E-state index is -0.627. The average Bonchev–Trinajstić information content (AvgIpc) is 3.05. The van der Waals surface area contributed by atoms with Gasteiger partial charge in [0.2, 0.25) is 0 Å². The molecule has 2 amide bonds. The van der Waals surface area contributed by atoms with Crippen LogP contribution in [0.5, 0.6) is 0 Å². The molecular formula is C21H21FN2O4S. The molecule has 29 heavy (non-hydrogen) atoms. The van der Waals surface area contributed by atoms with Gasteiger partial charge in [-0.25, -0.2) is 4.39 Å². The lowest BCUT2D eigenvalue weighted by atomic mass is 10.2. The predicted octanol–water partition coefficient (Wildman–Crippen LogP) is 4.22. The monoisotopic (exact) mass is 416 g/mol. The zero-order valence-corrected chi connectivity index (χ0v) is 17.4. The number of nitrogens with zero attached hydrogens (tertiary/aromatic N) is 2. The Morgan fingerprint density at radius 1 is 1.21 bits per heavy atom. The Kier molecular flexibility index (Phi) is 5.93. The fraction of sp³-hybridized carbons (Fsp3) is 0.286. The van der Waals surface area contributed by atoms with Crippen molar-refractivity contribution < 1.29 is 23.5 Å². The summed E-state index contributed by atoms with van der Waals surface area (Å²) in [6.07, 6.45) is 1.32. The number of carbonyl (C=O) groups is 3. The summed E-state index contributed by atoms with van der Waals surface area (Å²) in [5.41, 5.74) is 3.31. The molecule has 0 N–H and O–H groups in total. The Morgan fingerprint density at radius 2 is 1.86 bits per heavy atom. The van der Waals surface area contributed by atoms with Gasteiger partial charge in [0.15, 0.2) is 0 Å². The summed E-state index contributed by atoms with van der Waals surface area (Å²) in [6.45, 7) is 6.77. The van der Waals surface area contributed by atoms with Gasteiger partial charge in [0.05, 0.1) is 11.0 Å². The summed E-state index contributed by atoms with van der Waals surface area (Å²) in [4.78, 5) is 37.8. The maximum atomic E-state index is 13.2. The second-order valence-corrected chi connectivity index (χ2v) is 7.94. The largest absolute Gasteiger partial charge is 0.462 e. The normalized spacial score (nSPS) is 15.7. The van der Waals surface area contributed by atoms with Crippen molar-refractivity contribution in [3.8, 4) is 5.69 Å². The highest BCUT2D eigenvalue weighted by molar-refractivity contribution is 8.18. The summed E-state index contributed by atoms with van der Waals surface area (Å²) in [5, 5.41) is -0.505. The number of hydrogen-bond acceptors (Lipinski definition) is 5. The van der Waals surface area contributed by atoms with Crippen molar-refractivity contribution in [3.05, 3.63) is 58.0 Å². The third-order valence-electron chi connectivity index (χ3n) is 4.37. The van der Waals surface area contributed by atoms with E-state index in [2.05, 4.69) is 0 Å². The molecule has 0 aliphatic carbocycles. The minimum absolute atomic E-state index is 0.242. The van der Waals surface area contributed by atoms with Crippen molar-refractivity contribution in [1.29, 1.82) is 0 Å². The molecule has 1 fully saturated rings. The summed E-state index contributed by atoms with van der Waals surface area (Å²) in [6, 6.07) is 8.01. The minimum Gasteiger partial charge on any atom is -0.462 e. The number of imide groups is 1. The molecule has 0 spiro atoms. The van der Waals surface area contributed by atoms with Gasteiger partial charge in [-0.2, -0.15) is 0 Å². The van der Waals surface area contributed by atoms with E-state index in [9.17, 15) is 18.8 Å². The van der Waals surface area contributed by atoms with Gasteiger partial charge in [-0.1, -0.05) is 0 Å². The summed E-state index contributed by atoms with van der Waals surface area (Å²) in [5.74, 6) is -1.47.